The second-order valence-corrected chi connectivity index (χ2v) is 7.46. The summed E-state index contributed by atoms with van der Waals surface area (Å²) in [7, 11) is 0. The lowest BCUT2D eigenvalue weighted by Crippen LogP contribution is -2.32. The molecular weight excluding hydrogens is 403 g/mol. The first kappa shape index (κ1) is 20.0. The van der Waals surface area contributed by atoms with E-state index >= 15 is 0 Å². The van der Waals surface area contributed by atoms with Crippen LogP contribution < -0.4 is 10.6 Å². The Bertz CT molecular complexity index is 1040. The third-order valence-electron chi connectivity index (χ3n) is 4.96. The molecule has 2 aromatic heterocycles. The number of rotatable bonds is 6. The van der Waals surface area contributed by atoms with E-state index in [4.69, 9.17) is 16.6 Å². The maximum atomic E-state index is 13.0. The number of carbonyl (C=O) groups excluding carboxylic acids is 1. The van der Waals surface area contributed by atoms with E-state index in [-0.39, 0.29) is 30.2 Å². The van der Waals surface area contributed by atoms with Crippen LogP contribution in [0.1, 0.15) is 35.7 Å². The van der Waals surface area contributed by atoms with Gasteiger partial charge in [-0.1, -0.05) is 6.07 Å². The van der Waals surface area contributed by atoms with Crippen LogP contribution >= 0.6 is 12.2 Å². The van der Waals surface area contributed by atoms with Crippen molar-refractivity contribution >= 4 is 28.9 Å². The smallest absolute Gasteiger partial charge is 0.226 e. The molecule has 2 atom stereocenters. The highest BCUT2D eigenvalue weighted by atomic mass is 32.1. The largest absolute Gasteiger partial charge is 0.464 e. The summed E-state index contributed by atoms with van der Waals surface area (Å²) in [5.41, 5.74) is 1.39. The number of hydrogen-bond acceptors (Lipinski definition) is 4. The van der Waals surface area contributed by atoms with Gasteiger partial charge in [-0.3, -0.25) is 9.78 Å². The number of aromatic nitrogens is 1. The minimum Gasteiger partial charge on any atom is -0.464 e. The van der Waals surface area contributed by atoms with E-state index in [1.54, 1.807) is 6.20 Å². The molecule has 0 bridgehead atoms. The predicted octanol–water partition coefficient (Wildman–Crippen LogP) is 4.12. The number of hydrogen-bond donors (Lipinski definition) is 2. The van der Waals surface area contributed by atoms with Gasteiger partial charge in [0.2, 0.25) is 5.91 Å². The second kappa shape index (κ2) is 8.62. The zero-order valence-electron chi connectivity index (χ0n) is 16.3. The molecule has 0 aliphatic carbocycles. The topological polar surface area (TPSA) is 70.4 Å². The van der Waals surface area contributed by atoms with E-state index in [1.165, 1.54) is 24.3 Å². The number of pyridine rings is 1. The quantitative estimate of drug-likeness (QED) is 0.580. The van der Waals surface area contributed by atoms with Crippen LogP contribution in [-0.2, 0) is 4.79 Å². The zero-order chi connectivity index (χ0) is 21.1. The Morgan fingerprint density at radius 1 is 1.23 bits per heavy atom. The van der Waals surface area contributed by atoms with Gasteiger partial charge in [0.15, 0.2) is 5.11 Å². The number of amides is 1. The van der Waals surface area contributed by atoms with Gasteiger partial charge in [0.25, 0.3) is 0 Å². The molecule has 6 nitrogen and oxygen atoms in total. The van der Waals surface area contributed by atoms with Crippen molar-refractivity contribution in [3.8, 4) is 0 Å². The summed E-state index contributed by atoms with van der Waals surface area (Å²) in [5.74, 6) is 1.03. The molecule has 0 unspecified atom stereocenters. The van der Waals surface area contributed by atoms with Gasteiger partial charge in [-0.25, -0.2) is 4.39 Å². The Morgan fingerprint density at radius 2 is 2.03 bits per heavy atom. The van der Waals surface area contributed by atoms with E-state index in [1.807, 2.05) is 42.2 Å². The summed E-state index contributed by atoms with van der Waals surface area (Å²) in [6.07, 6.45) is 1.95. The Balaban J connectivity index is 1.51. The maximum Gasteiger partial charge on any atom is 0.226 e. The van der Waals surface area contributed by atoms with Gasteiger partial charge < -0.3 is 20.0 Å². The highest BCUT2D eigenvalue weighted by molar-refractivity contribution is 7.80. The molecule has 2 N–H and O–H groups in total. The van der Waals surface area contributed by atoms with Crippen molar-refractivity contribution in [1.29, 1.82) is 0 Å². The maximum absolute atomic E-state index is 13.0. The molecule has 1 aromatic carbocycles. The van der Waals surface area contributed by atoms with Crippen molar-refractivity contribution in [2.75, 3.05) is 11.9 Å². The van der Waals surface area contributed by atoms with Crippen LogP contribution in [0.4, 0.5) is 10.1 Å². The molecule has 1 saturated heterocycles. The fourth-order valence-electron chi connectivity index (χ4n) is 3.55. The Kier molecular flexibility index (Phi) is 5.76. The molecule has 0 spiro atoms. The first-order valence-electron chi connectivity index (χ1n) is 9.61. The predicted molar refractivity (Wildman–Crippen MR) is 115 cm³/mol. The molecule has 3 aromatic rings. The summed E-state index contributed by atoms with van der Waals surface area (Å²) in [4.78, 5) is 18.9. The summed E-state index contributed by atoms with van der Waals surface area (Å²) < 4.78 is 19.0. The van der Waals surface area contributed by atoms with Crippen molar-refractivity contribution in [3.05, 3.63) is 83.8 Å². The van der Waals surface area contributed by atoms with E-state index in [9.17, 15) is 9.18 Å². The lowest BCUT2D eigenvalue weighted by atomic mass is 10.0. The number of furan rings is 1. The lowest BCUT2D eigenvalue weighted by Gasteiger charge is -2.25. The highest BCUT2D eigenvalue weighted by Gasteiger charge is 2.41. The minimum absolute atomic E-state index is 0.180. The van der Waals surface area contributed by atoms with Gasteiger partial charge in [0.1, 0.15) is 23.4 Å². The minimum atomic E-state index is -0.348. The Labute approximate surface area is 179 Å². The van der Waals surface area contributed by atoms with Crippen LogP contribution in [0.3, 0.4) is 0 Å². The van der Waals surface area contributed by atoms with Gasteiger partial charge >= 0.3 is 0 Å². The van der Waals surface area contributed by atoms with Crippen LogP contribution in [0.15, 0.2) is 65.2 Å². The molecule has 154 valence electrons. The summed E-state index contributed by atoms with van der Waals surface area (Å²) >= 11 is 5.57. The van der Waals surface area contributed by atoms with Crippen molar-refractivity contribution in [3.63, 3.8) is 0 Å². The van der Waals surface area contributed by atoms with E-state index in [2.05, 4.69) is 15.6 Å². The Hall–Kier alpha value is -3.26. The summed E-state index contributed by atoms with van der Waals surface area (Å²) in [6, 6.07) is 14.8. The van der Waals surface area contributed by atoms with E-state index in [0.717, 1.165) is 17.2 Å². The standard InChI is InChI=1S/C22H21FN4O2S/c1-14-5-10-18(29-14)21-20(17-4-2-3-12-24-17)26-22(30)27(21)13-11-19(28)25-16-8-6-15(23)7-9-16/h2-10,12,20-21H,11,13H2,1H3,(H,25,28)(H,26,30)/t20-,21+/m1/s1. The van der Waals surface area contributed by atoms with E-state index < -0.39 is 0 Å². The SMILES string of the molecule is Cc1ccc([C@H]2[C@@H](c3ccccn3)NC(=S)N2CCC(=O)Nc2ccc(F)cc2)o1. The molecule has 0 saturated carbocycles. The number of thiocarbonyl (C=S) groups is 1. The van der Waals surface area contributed by atoms with Crippen molar-refractivity contribution < 1.29 is 13.6 Å². The molecule has 1 aliphatic rings. The lowest BCUT2D eigenvalue weighted by molar-refractivity contribution is -0.116. The van der Waals surface area contributed by atoms with Crippen LogP contribution in [0.25, 0.3) is 0 Å². The van der Waals surface area contributed by atoms with Gasteiger partial charge in [0.05, 0.1) is 11.7 Å². The van der Waals surface area contributed by atoms with Gasteiger partial charge in [-0.2, -0.15) is 0 Å². The molecule has 1 amide bonds. The molecule has 1 aliphatic heterocycles. The molecule has 3 heterocycles. The van der Waals surface area contributed by atoms with E-state index in [0.29, 0.717) is 17.3 Å². The molecule has 30 heavy (non-hydrogen) atoms. The average molecular weight is 425 g/mol. The third-order valence-corrected chi connectivity index (χ3v) is 5.31. The third kappa shape index (κ3) is 4.33. The van der Waals surface area contributed by atoms with Crippen LogP contribution in [0.5, 0.6) is 0 Å². The number of carbonyl (C=O) groups is 1. The number of nitrogens with one attached hydrogen (secondary N) is 2. The van der Waals surface area contributed by atoms with Gasteiger partial charge in [-0.05, 0) is 67.7 Å². The highest BCUT2D eigenvalue weighted by Crippen LogP contribution is 2.39. The first-order chi connectivity index (χ1) is 14.5. The normalized spacial score (nSPS) is 18.3. The fraction of sp³-hybridized carbons (Fsp3) is 0.227. The van der Waals surface area contributed by atoms with Crippen molar-refractivity contribution in [2.45, 2.75) is 25.4 Å². The summed E-state index contributed by atoms with van der Waals surface area (Å²) in [5, 5.41) is 6.64. The Morgan fingerprint density at radius 3 is 2.70 bits per heavy atom. The molecule has 4 rings (SSSR count). The van der Waals surface area contributed by atoms with Crippen LogP contribution in [0.2, 0.25) is 0 Å². The number of benzene rings is 1. The fourth-order valence-corrected chi connectivity index (χ4v) is 3.88. The number of halogens is 1. The number of nitrogens with zero attached hydrogens (tertiary/aromatic N) is 2. The zero-order valence-corrected chi connectivity index (χ0v) is 17.2. The monoisotopic (exact) mass is 424 g/mol. The van der Waals surface area contributed by atoms with Crippen LogP contribution in [0, 0.1) is 12.7 Å². The molecule has 1 fully saturated rings. The molecule has 8 heteroatoms. The summed E-state index contributed by atoms with van der Waals surface area (Å²) in [6.45, 7) is 2.28. The first-order valence-corrected chi connectivity index (χ1v) is 10.0. The number of anilines is 1. The second-order valence-electron chi connectivity index (χ2n) is 7.07. The van der Waals surface area contributed by atoms with Gasteiger partial charge in [0, 0.05) is 24.8 Å². The number of aryl methyl sites for hydroxylation is 1. The molecular formula is C22H21FN4O2S. The van der Waals surface area contributed by atoms with Crippen molar-refractivity contribution in [2.24, 2.45) is 0 Å². The van der Waals surface area contributed by atoms with Crippen molar-refractivity contribution in [1.82, 2.24) is 15.2 Å². The molecule has 0 radical (unpaired) electrons. The average Bonchev–Trinajstić information content (AvgIpc) is 3.31. The van der Waals surface area contributed by atoms with Crippen LogP contribution in [-0.4, -0.2) is 27.4 Å². The van der Waals surface area contributed by atoms with Gasteiger partial charge in [-0.15, -0.1) is 0 Å².